The standard InChI is InChI=1S/C72H54N2O20/c1-81-37-13-9-17-41(21-37)89-55-31-51-61-52(70(78)73(69(51)77)35-59(75)93-49-27-45(85-5)25-46(28-49)86-6)33-57(91-43-19-11-15-39(23-43)83-3)65-66-58(92-44-20-12-16-40(24-44)84-4)34-54-62-53(32-56(64(68(62)66)63(55)67(61)65)90-42-18-10-14-38(22-42)82-2)71(79)74(72(54)80)36-60(76)94-50-29-47(87-7)26-48(30-50)88-8/h9-34H,35-36H2,1-8H3. The maximum atomic E-state index is 15.7. The Morgan fingerprint density at radius 3 is 0.713 bits per heavy atom. The molecule has 0 unspecified atom stereocenters. The number of rotatable bonds is 22. The molecular weight excluding hydrogens is 1210 g/mol. The summed E-state index contributed by atoms with van der Waals surface area (Å²) in [6.45, 7) is -1.78. The van der Waals surface area contributed by atoms with Gasteiger partial charge in [-0.25, -0.2) is 9.59 Å². The lowest BCUT2D eigenvalue weighted by Gasteiger charge is -2.32. The summed E-state index contributed by atoms with van der Waals surface area (Å²) >= 11 is 0. The van der Waals surface area contributed by atoms with Crippen molar-refractivity contribution in [3.63, 3.8) is 0 Å². The summed E-state index contributed by atoms with van der Waals surface area (Å²) in [5.74, 6) is -2.30. The average Bonchev–Trinajstić information content (AvgIpc) is 0.673. The van der Waals surface area contributed by atoms with Gasteiger partial charge in [0.25, 0.3) is 23.6 Å². The first-order chi connectivity index (χ1) is 45.6. The van der Waals surface area contributed by atoms with E-state index in [-0.39, 0.29) is 123 Å². The van der Waals surface area contributed by atoms with Gasteiger partial charge in [-0.1, -0.05) is 24.3 Å². The molecule has 11 aromatic rings. The predicted molar refractivity (Wildman–Crippen MR) is 341 cm³/mol. The molecule has 0 saturated heterocycles. The lowest BCUT2D eigenvalue weighted by molar-refractivity contribution is -0.135. The molecule has 22 heteroatoms. The van der Waals surface area contributed by atoms with E-state index in [0.717, 1.165) is 9.80 Å². The van der Waals surface area contributed by atoms with E-state index in [9.17, 15) is 9.59 Å². The fraction of sp³-hybridized carbons (Fsp3) is 0.139. The zero-order valence-corrected chi connectivity index (χ0v) is 51.5. The lowest BCUT2D eigenvalue weighted by atomic mass is 9.80. The van der Waals surface area contributed by atoms with Crippen molar-refractivity contribution in [2.75, 3.05) is 70.0 Å². The van der Waals surface area contributed by atoms with Crippen molar-refractivity contribution in [2.45, 2.75) is 0 Å². The Kier molecular flexibility index (Phi) is 15.9. The number of hydrogen-bond acceptors (Lipinski definition) is 20. The van der Waals surface area contributed by atoms with Gasteiger partial charge in [0.15, 0.2) is 0 Å². The summed E-state index contributed by atoms with van der Waals surface area (Å²) in [5, 5.41) is 1.11. The summed E-state index contributed by atoms with van der Waals surface area (Å²) in [7, 11) is 11.6. The Morgan fingerprint density at radius 2 is 0.479 bits per heavy atom. The Bertz CT molecular complexity index is 4390. The number of hydrogen-bond donors (Lipinski definition) is 0. The van der Waals surface area contributed by atoms with Crippen LogP contribution in [0.1, 0.15) is 41.4 Å². The third-order valence-corrected chi connectivity index (χ3v) is 15.8. The molecule has 13 rings (SSSR count). The first kappa shape index (κ1) is 60.5. The summed E-state index contributed by atoms with van der Waals surface area (Å²) < 4.78 is 83.9. The van der Waals surface area contributed by atoms with E-state index in [1.165, 1.54) is 105 Å². The second-order valence-corrected chi connectivity index (χ2v) is 21.3. The number of nitrogens with zero attached hydrogens (tertiary/aromatic N) is 2. The smallest absolute Gasteiger partial charge is 0.331 e. The minimum Gasteiger partial charge on any atom is -0.497 e. The van der Waals surface area contributed by atoms with Gasteiger partial charge in [0.05, 0.1) is 79.1 Å². The molecule has 4 amide bonds. The van der Waals surface area contributed by atoms with E-state index in [0.29, 0.717) is 46.0 Å². The first-order valence-electron chi connectivity index (χ1n) is 28.9. The van der Waals surface area contributed by atoms with E-state index in [2.05, 4.69) is 0 Å². The number of carbonyl (C=O) groups excluding carboxylic acids is 6. The second-order valence-electron chi connectivity index (χ2n) is 21.3. The van der Waals surface area contributed by atoms with Crippen LogP contribution in [-0.2, 0) is 9.59 Å². The molecule has 22 nitrogen and oxygen atoms in total. The van der Waals surface area contributed by atoms with Crippen LogP contribution >= 0.6 is 0 Å². The van der Waals surface area contributed by atoms with E-state index < -0.39 is 48.7 Å². The molecule has 2 aliphatic heterocycles. The molecule has 0 N–H and O–H groups in total. The fourth-order valence-electron chi connectivity index (χ4n) is 11.6. The monoisotopic (exact) mass is 1270 g/mol. The number of esters is 2. The number of ether oxygens (including phenoxy) is 14. The molecule has 94 heavy (non-hydrogen) atoms. The number of fused-ring (bicyclic) bond motifs is 2. The van der Waals surface area contributed by atoms with Gasteiger partial charge >= 0.3 is 11.9 Å². The van der Waals surface area contributed by atoms with E-state index in [1.807, 2.05) is 0 Å². The number of amides is 4. The van der Waals surface area contributed by atoms with Gasteiger partial charge in [0.2, 0.25) is 0 Å². The zero-order valence-electron chi connectivity index (χ0n) is 51.5. The van der Waals surface area contributed by atoms with Gasteiger partial charge in [-0.15, -0.1) is 0 Å². The van der Waals surface area contributed by atoms with Gasteiger partial charge < -0.3 is 66.3 Å². The van der Waals surface area contributed by atoms with Crippen molar-refractivity contribution >= 4 is 78.7 Å². The van der Waals surface area contributed by atoms with Crippen molar-refractivity contribution in [3.8, 4) is 103 Å². The minimum atomic E-state index is -1.00. The Hall–Kier alpha value is -12.5. The highest BCUT2D eigenvalue weighted by molar-refractivity contribution is 6.45. The van der Waals surface area contributed by atoms with Crippen molar-refractivity contribution < 1.29 is 95.1 Å². The van der Waals surface area contributed by atoms with Crippen molar-refractivity contribution in [2.24, 2.45) is 0 Å². The Labute approximate surface area is 534 Å². The van der Waals surface area contributed by atoms with Gasteiger partial charge in [-0.2, -0.15) is 0 Å². The summed E-state index contributed by atoms with van der Waals surface area (Å²) in [4.78, 5) is 92.6. The van der Waals surface area contributed by atoms with Crippen LogP contribution in [0.15, 0.2) is 158 Å². The van der Waals surface area contributed by atoms with Crippen LogP contribution in [0.4, 0.5) is 0 Å². The molecule has 0 atom stereocenters. The van der Waals surface area contributed by atoms with Crippen molar-refractivity contribution in [1.29, 1.82) is 0 Å². The third-order valence-electron chi connectivity index (χ3n) is 15.8. The van der Waals surface area contributed by atoms with E-state index >= 15 is 19.2 Å². The van der Waals surface area contributed by atoms with Crippen LogP contribution in [0, 0.1) is 0 Å². The summed E-state index contributed by atoms with van der Waals surface area (Å²) in [5.41, 5.74) is -0.459. The largest absolute Gasteiger partial charge is 0.497 e. The molecule has 0 aliphatic carbocycles. The normalized spacial score (nSPS) is 12.5. The quantitative estimate of drug-likeness (QED) is 0.0201. The molecule has 0 bridgehead atoms. The van der Waals surface area contributed by atoms with Crippen LogP contribution in [0.5, 0.6) is 103 Å². The van der Waals surface area contributed by atoms with Crippen molar-refractivity contribution in [1.82, 2.24) is 9.80 Å². The topological polar surface area (TPSA) is 238 Å². The molecule has 2 aliphatic rings. The van der Waals surface area contributed by atoms with Crippen LogP contribution in [0.25, 0.3) is 43.1 Å². The second kappa shape index (κ2) is 24.7. The maximum Gasteiger partial charge on any atom is 0.331 e. The van der Waals surface area contributed by atoms with Crippen LogP contribution in [0.3, 0.4) is 0 Å². The summed E-state index contributed by atoms with van der Waals surface area (Å²) in [6, 6.07) is 41.3. The molecule has 0 fully saturated rings. The highest BCUT2D eigenvalue weighted by Crippen LogP contribution is 2.58. The van der Waals surface area contributed by atoms with Gasteiger partial charge in [-0.3, -0.25) is 29.0 Å². The number of benzene rings is 11. The minimum absolute atomic E-state index is 0.00201. The van der Waals surface area contributed by atoms with Crippen LogP contribution < -0.4 is 66.3 Å². The average molecular weight is 1270 g/mol. The highest BCUT2D eigenvalue weighted by atomic mass is 16.6. The fourth-order valence-corrected chi connectivity index (χ4v) is 11.6. The number of carbonyl (C=O) groups is 6. The number of methoxy groups -OCH3 is 8. The van der Waals surface area contributed by atoms with E-state index in [4.69, 9.17) is 66.3 Å². The lowest BCUT2D eigenvalue weighted by Crippen LogP contribution is -2.44. The molecule has 11 aromatic carbocycles. The predicted octanol–water partition coefficient (Wildman–Crippen LogP) is 13.4. The number of imide groups is 2. The Balaban J connectivity index is 1.14. The van der Waals surface area contributed by atoms with Gasteiger partial charge in [0, 0.05) is 104 Å². The third kappa shape index (κ3) is 11.0. The van der Waals surface area contributed by atoms with Gasteiger partial charge in [0.1, 0.15) is 117 Å². The molecule has 0 spiro atoms. The molecule has 0 aromatic heterocycles. The Morgan fingerprint density at radius 1 is 0.266 bits per heavy atom. The zero-order chi connectivity index (χ0) is 65.6. The van der Waals surface area contributed by atoms with Gasteiger partial charge in [-0.05, 0) is 72.8 Å². The molecule has 472 valence electrons. The molecule has 0 radical (unpaired) electrons. The molecule has 0 saturated carbocycles. The highest BCUT2D eigenvalue weighted by Gasteiger charge is 2.43. The molecular formula is C72H54N2O20. The maximum absolute atomic E-state index is 15.7. The SMILES string of the molecule is COc1cc(OC)cc(OC(=O)CN2C(=O)c3cc(Oc4cccc(OC)c4)c4c5c(Oc6cccc(OC)c6)cc6c7c(cc(Oc8cccc(OC)c8)c(c8c(Oc9cccc(OC)c9)cc(c3c48)C2=O)c75)C(=O)N(CC(=O)Oc2cc(OC)cc(OC)c2)C6=O)c1. The van der Waals surface area contributed by atoms with Crippen molar-refractivity contribution in [3.05, 3.63) is 180 Å². The summed E-state index contributed by atoms with van der Waals surface area (Å²) in [6.07, 6.45) is 0. The first-order valence-corrected chi connectivity index (χ1v) is 28.9. The van der Waals surface area contributed by atoms with Crippen LogP contribution in [-0.4, -0.2) is 115 Å². The molecule has 2 heterocycles. The van der Waals surface area contributed by atoms with E-state index in [1.54, 1.807) is 109 Å². The van der Waals surface area contributed by atoms with Crippen LogP contribution in [0.2, 0.25) is 0 Å².